The van der Waals surface area contributed by atoms with E-state index >= 15 is 0 Å². The number of aromatic nitrogens is 2. The van der Waals surface area contributed by atoms with Crippen molar-refractivity contribution in [1.29, 1.82) is 0 Å². The van der Waals surface area contributed by atoms with Gasteiger partial charge in [0.05, 0.1) is 19.3 Å². The van der Waals surface area contributed by atoms with E-state index in [1.807, 2.05) is 43.3 Å². The SMILES string of the molecule is COc1ccc(CN2C(=O)c3cc(C)nn3CC2(C)C(=O)NCc2ccc(Cl)cc2)cc1. The van der Waals surface area contributed by atoms with Crippen molar-refractivity contribution >= 4 is 23.4 Å². The van der Waals surface area contributed by atoms with Crippen LogP contribution in [0.4, 0.5) is 0 Å². The number of amides is 2. The van der Waals surface area contributed by atoms with Crippen molar-refractivity contribution in [2.24, 2.45) is 0 Å². The van der Waals surface area contributed by atoms with E-state index < -0.39 is 5.54 Å². The van der Waals surface area contributed by atoms with Gasteiger partial charge in [-0.15, -0.1) is 0 Å². The van der Waals surface area contributed by atoms with Crippen LogP contribution in [-0.4, -0.2) is 39.1 Å². The Bertz CT molecular complexity index is 1140. The van der Waals surface area contributed by atoms with Crippen LogP contribution in [0.5, 0.6) is 5.75 Å². The van der Waals surface area contributed by atoms with Gasteiger partial charge in [0.2, 0.25) is 5.91 Å². The highest BCUT2D eigenvalue weighted by Gasteiger charge is 2.47. The second-order valence-electron chi connectivity index (χ2n) is 8.15. The molecule has 0 aliphatic carbocycles. The largest absolute Gasteiger partial charge is 0.497 e. The lowest BCUT2D eigenvalue weighted by Gasteiger charge is -2.43. The van der Waals surface area contributed by atoms with Crippen molar-refractivity contribution in [3.63, 3.8) is 0 Å². The van der Waals surface area contributed by atoms with Crippen LogP contribution in [0.2, 0.25) is 5.02 Å². The first-order valence-corrected chi connectivity index (χ1v) is 10.7. The summed E-state index contributed by atoms with van der Waals surface area (Å²) in [6, 6.07) is 16.5. The maximum absolute atomic E-state index is 13.4. The lowest BCUT2D eigenvalue weighted by atomic mass is 9.94. The summed E-state index contributed by atoms with van der Waals surface area (Å²) < 4.78 is 6.85. The van der Waals surface area contributed by atoms with Gasteiger partial charge in [-0.1, -0.05) is 35.9 Å². The van der Waals surface area contributed by atoms with Gasteiger partial charge in [0, 0.05) is 18.1 Å². The van der Waals surface area contributed by atoms with Gasteiger partial charge in [-0.25, -0.2) is 0 Å². The van der Waals surface area contributed by atoms with E-state index in [4.69, 9.17) is 16.3 Å². The molecule has 0 bridgehead atoms. The van der Waals surface area contributed by atoms with Crippen LogP contribution < -0.4 is 10.1 Å². The van der Waals surface area contributed by atoms with E-state index in [9.17, 15) is 9.59 Å². The molecule has 2 heterocycles. The molecule has 1 N–H and O–H groups in total. The lowest BCUT2D eigenvalue weighted by molar-refractivity contribution is -0.133. The molecule has 0 saturated heterocycles. The molecule has 1 atom stereocenters. The third-order valence-corrected chi connectivity index (χ3v) is 6.03. The number of aryl methyl sites for hydroxylation is 1. The molecule has 0 radical (unpaired) electrons. The van der Waals surface area contributed by atoms with Gasteiger partial charge >= 0.3 is 0 Å². The smallest absolute Gasteiger partial charge is 0.273 e. The van der Waals surface area contributed by atoms with E-state index in [0.717, 1.165) is 22.6 Å². The van der Waals surface area contributed by atoms with Crippen molar-refractivity contribution in [3.05, 3.63) is 82.1 Å². The number of halogens is 1. The van der Waals surface area contributed by atoms with Gasteiger partial charge in [-0.05, 0) is 55.3 Å². The fourth-order valence-electron chi connectivity index (χ4n) is 3.91. The van der Waals surface area contributed by atoms with Crippen molar-refractivity contribution in [2.45, 2.75) is 39.0 Å². The normalized spacial score (nSPS) is 17.8. The summed E-state index contributed by atoms with van der Waals surface area (Å²) in [6.45, 7) is 4.51. The molecular weight excluding hydrogens is 428 g/mol. The molecule has 8 heteroatoms. The fourth-order valence-corrected chi connectivity index (χ4v) is 4.03. The Morgan fingerprint density at radius 2 is 1.81 bits per heavy atom. The summed E-state index contributed by atoms with van der Waals surface area (Å²) in [5.74, 6) is 0.265. The van der Waals surface area contributed by atoms with Crippen LogP contribution in [0.3, 0.4) is 0 Å². The minimum atomic E-state index is -1.12. The number of rotatable bonds is 6. The Labute approximate surface area is 191 Å². The number of hydrogen-bond acceptors (Lipinski definition) is 4. The quantitative estimate of drug-likeness (QED) is 0.620. The molecule has 0 fully saturated rings. The third kappa shape index (κ3) is 4.21. The van der Waals surface area contributed by atoms with Gasteiger partial charge in [-0.3, -0.25) is 14.3 Å². The second kappa shape index (κ2) is 8.67. The highest BCUT2D eigenvalue weighted by molar-refractivity contribution is 6.30. The zero-order valence-corrected chi connectivity index (χ0v) is 19.0. The summed E-state index contributed by atoms with van der Waals surface area (Å²) in [5, 5.41) is 8.05. The summed E-state index contributed by atoms with van der Waals surface area (Å²) in [6.07, 6.45) is 0. The fraction of sp³-hybridized carbons (Fsp3) is 0.292. The van der Waals surface area contributed by atoms with Gasteiger partial charge in [0.15, 0.2) is 0 Å². The van der Waals surface area contributed by atoms with Crippen molar-refractivity contribution in [2.75, 3.05) is 7.11 Å². The van der Waals surface area contributed by atoms with Gasteiger partial charge < -0.3 is 15.0 Å². The molecule has 3 aromatic rings. The number of ether oxygens (including phenoxy) is 1. The molecular formula is C24H25ClN4O3. The number of carbonyl (C=O) groups is 2. The van der Waals surface area contributed by atoms with Crippen molar-refractivity contribution in [3.8, 4) is 5.75 Å². The molecule has 1 aliphatic heterocycles. The van der Waals surface area contributed by atoms with Crippen molar-refractivity contribution < 1.29 is 14.3 Å². The number of benzene rings is 2. The molecule has 2 amide bonds. The predicted molar refractivity (Wildman–Crippen MR) is 122 cm³/mol. The Kier molecular flexibility index (Phi) is 5.93. The third-order valence-electron chi connectivity index (χ3n) is 5.78. The predicted octanol–water partition coefficient (Wildman–Crippen LogP) is 3.58. The Morgan fingerprint density at radius 3 is 2.47 bits per heavy atom. The number of nitrogens with zero attached hydrogens (tertiary/aromatic N) is 3. The average Bonchev–Trinajstić information content (AvgIpc) is 3.16. The maximum Gasteiger partial charge on any atom is 0.273 e. The van der Waals surface area contributed by atoms with Crippen LogP contribution in [0, 0.1) is 6.92 Å². The number of carbonyl (C=O) groups excluding carboxylic acids is 2. The minimum absolute atomic E-state index is 0.225. The molecule has 0 spiro atoms. The molecule has 7 nitrogen and oxygen atoms in total. The monoisotopic (exact) mass is 452 g/mol. The van der Waals surface area contributed by atoms with Crippen LogP contribution in [0.25, 0.3) is 0 Å². The van der Waals surface area contributed by atoms with Gasteiger partial charge in [0.1, 0.15) is 17.0 Å². The Balaban J connectivity index is 1.62. The molecule has 1 unspecified atom stereocenters. The first kappa shape index (κ1) is 21.9. The zero-order valence-electron chi connectivity index (χ0n) is 18.3. The summed E-state index contributed by atoms with van der Waals surface area (Å²) in [7, 11) is 1.61. The average molecular weight is 453 g/mol. The van der Waals surface area contributed by atoms with Crippen LogP contribution >= 0.6 is 11.6 Å². The standard InChI is InChI=1S/C24H25ClN4O3/c1-16-12-21-22(30)28(14-18-6-10-20(32-3)11-7-18)24(2,15-29(21)27-16)23(31)26-13-17-4-8-19(25)9-5-17/h4-12H,13-15H2,1-3H3,(H,26,31). The number of fused-ring (bicyclic) bond motifs is 1. The van der Waals surface area contributed by atoms with Crippen LogP contribution in [-0.2, 0) is 24.4 Å². The molecule has 32 heavy (non-hydrogen) atoms. The Hall–Kier alpha value is -3.32. The van der Waals surface area contributed by atoms with E-state index in [-0.39, 0.29) is 24.9 Å². The molecule has 0 saturated carbocycles. The molecule has 1 aromatic heterocycles. The molecule has 4 rings (SSSR count). The number of nitrogens with one attached hydrogen (secondary N) is 1. The topological polar surface area (TPSA) is 76.5 Å². The van der Waals surface area contributed by atoms with Gasteiger partial charge in [0.25, 0.3) is 5.91 Å². The second-order valence-corrected chi connectivity index (χ2v) is 8.59. The van der Waals surface area contributed by atoms with E-state index in [0.29, 0.717) is 17.3 Å². The van der Waals surface area contributed by atoms with Crippen LogP contribution in [0.1, 0.15) is 34.2 Å². The summed E-state index contributed by atoms with van der Waals surface area (Å²) in [4.78, 5) is 28.5. The first-order chi connectivity index (χ1) is 15.3. The van der Waals surface area contributed by atoms with Crippen LogP contribution in [0.15, 0.2) is 54.6 Å². The number of hydrogen-bond donors (Lipinski definition) is 1. The minimum Gasteiger partial charge on any atom is -0.497 e. The van der Waals surface area contributed by atoms with E-state index in [1.165, 1.54) is 0 Å². The van der Waals surface area contributed by atoms with E-state index in [2.05, 4.69) is 10.4 Å². The molecule has 166 valence electrons. The Morgan fingerprint density at radius 1 is 1.16 bits per heavy atom. The summed E-state index contributed by atoms with van der Waals surface area (Å²) in [5.41, 5.74) is 1.93. The lowest BCUT2D eigenvalue weighted by Crippen LogP contribution is -2.63. The highest BCUT2D eigenvalue weighted by Crippen LogP contribution is 2.30. The summed E-state index contributed by atoms with van der Waals surface area (Å²) >= 11 is 5.95. The van der Waals surface area contributed by atoms with Gasteiger partial charge in [-0.2, -0.15) is 5.10 Å². The maximum atomic E-state index is 13.4. The molecule has 1 aliphatic rings. The number of methoxy groups -OCH3 is 1. The first-order valence-electron chi connectivity index (χ1n) is 10.3. The molecule has 2 aromatic carbocycles. The van der Waals surface area contributed by atoms with E-state index in [1.54, 1.807) is 41.8 Å². The zero-order chi connectivity index (χ0) is 22.9. The highest BCUT2D eigenvalue weighted by atomic mass is 35.5. The van der Waals surface area contributed by atoms with Crippen molar-refractivity contribution in [1.82, 2.24) is 20.0 Å².